The Bertz CT molecular complexity index is 1550. The standard InChI is InChI=1S/C28H29BrN2O5S/c1-7-36-27(33)23-16(4)30-28-31(24(23)19-10-8-18(9-11-19)15(2)3)26(32)22(37-28)14-17-12-20(29)25(35-6)21(13-17)34-5/h8-15,24H,7H2,1-6H3/b22-14-/t24-/m0/s1. The lowest BCUT2D eigenvalue weighted by Crippen LogP contribution is -2.39. The van der Waals surface area contributed by atoms with Crippen LogP contribution in [0.1, 0.15) is 56.3 Å². The number of hydrogen-bond donors (Lipinski definition) is 0. The van der Waals surface area contributed by atoms with Gasteiger partial charge in [-0.3, -0.25) is 9.36 Å². The number of allylic oxidation sites excluding steroid dienone is 1. The maximum atomic E-state index is 13.8. The summed E-state index contributed by atoms with van der Waals surface area (Å²) in [5, 5.41) is 0. The van der Waals surface area contributed by atoms with Gasteiger partial charge in [-0.15, -0.1) is 0 Å². The molecule has 9 heteroatoms. The number of fused-ring (bicyclic) bond motifs is 1. The van der Waals surface area contributed by atoms with Crippen LogP contribution in [0.3, 0.4) is 0 Å². The Labute approximate surface area is 227 Å². The van der Waals surface area contributed by atoms with Crippen LogP contribution in [0.5, 0.6) is 11.5 Å². The number of halogens is 1. The summed E-state index contributed by atoms with van der Waals surface area (Å²) in [6.45, 7) is 8.02. The second kappa shape index (κ2) is 11.1. The molecule has 0 saturated carbocycles. The third-order valence-electron chi connectivity index (χ3n) is 6.19. The van der Waals surface area contributed by atoms with Gasteiger partial charge in [-0.2, -0.15) is 0 Å². The molecule has 0 spiro atoms. The molecular weight excluding hydrogens is 556 g/mol. The van der Waals surface area contributed by atoms with Crippen molar-refractivity contribution in [2.24, 2.45) is 4.99 Å². The Kier molecular flexibility index (Phi) is 8.04. The number of benzene rings is 2. The number of thiazole rings is 1. The highest BCUT2D eigenvalue weighted by molar-refractivity contribution is 9.10. The van der Waals surface area contributed by atoms with Crippen molar-refractivity contribution in [3.05, 3.63) is 88.5 Å². The third kappa shape index (κ3) is 5.15. The van der Waals surface area contributed by atoms with Gasteiger partial charge < -0.3 is 14.2 Å². The molecule has 0 amide bonds. The largest absolute Gasteiger partial charge is 0.493 e. The predicted molar refractivity (Wildman–Crippen MR) is 148 cm³/mol. The summed E-state index contributed by atoms with van der Waals surface area (Å²) in [4.78, 5) is 32.0. The van der Waals surface area contributed by atoms with Gasteiger partial charge in [0.25, 0.3) is 5.56 Å². The molecule has 0 fully saturated rings. The van der Waals surface area contributed by atoms with E-state index in [0.29, 0.717) is 42.5 Å². The number of ether oxygens (including phenoxy) is 3. The maximum Gasteiger partial charge on any atom is 0.338 e. The average Bonchev–Trinajstić information content (AvgIpc) is 3.17. The minimum Gasteiger partial charge on any atom is -0.493 e. The van der Waals surface area contributed by atoms with Crippen LogP contribution in [0.25, 0.3) is 6.08 Å². The molecule has 0 N–H and O–H groups in total. The van der Waals surface area contributed by atoms with Crippen LogP contribution in [-0.2, 0) is 9.53 Å². The van der Waals surface area contributed by atoms with Crippen molar-refractivity contribution in [3.63, 3.8) is 0 Å². The van der Waals surface area contributed by atoms with Gasteiger partial charge in [0.1, 0.15) is 0 Å². The molecule has 1 atom stereocenters. The normalized spacial score (nSPS) is 15.5. The summed E-state index contributed by atoms with van der Waals surface area (Å²) in [7, 11) is 3.13. The van der Waals surface area contributed by atoms with Crippen LogP contribution >= 0.6 is 27.3 Å². The fourth-order valence-electron chi connectivity index (χ4n) is 4.34. The number of aromatic nitrogens is 1. The highest BCUT2D eigenvalue weighted by atomic mass is 79.9. The van der Waals surface area contributed by atoms with Crippen LogP contribution in [0.4, 0.5) is 0 Å². The van der Waals surface area contributed by atoms with E-state index in [9.17, 15) is 9.59 Å². The molecule has 0 radical (unpaired) electrons. The van der Waals surface area contributed by atoms with Gasteiger partial charge in [-0.25, -0.2) is 9.79 Å². The number of nitrogens with zero attached hydrogens (tertiary/aromatic N) is 2. The molecule has 1 aromatic heterocycles. The van der Waals surface area contributed by atoms with Crippen molar-refractivity contribution in [3.8, 4) is 11.5 Å². The van der Waals surface area contributed by atoms with Crippen molar-refractivity contribution >= 4 is 39.3 Å². The fraction of sp³-hybridized carbons (Fsp3) is 0.321. The van der Waals surface area contributed by atoms with Crippen LogP contribution in [0, 0.1) is 0 Å². The second-order valence-corrected chi connectivity index (χ2v) is 10.7. The van der Waals surface area contributed by atoms with E-state index in [1.54, 1.807) is 44.8 Å². The number of esters is 1. The van der Waals surface area contributed by atoms with Gasteiger partial charge in [0.05, 0.1) is 47.1 Å². The number of rotatable bonds is 7. The molecule has 2 aromatic carbocycles. The van der Waals surface area contributed by atoms with Gasteiger partial charge in [-0.1, -0.05) is 49.4 Å². The number of carbonyl (C=O) groups excluding carboxylic acids is 1. The summed E-state index contributed by atoms with van der Waals surface area (Å²) in [5.41, 5.74) is 3.43. The van der Waals surface area contributed by atoms with Crippen molar-refractivity contribution in [1.82, 2.24) is 4.57 Å². The molecule has 0 saturated heterocycles. The van der Waals surface area contributed by atoms with Gasteiger partial charge >= 0.3 is 5.97 Å². The summed E-state index contributed by atoms with van der Waals surface area (Å²) in [5.74, 6) is 0.999. The van der Waals surface area contributed by atoms with E-state index in [4.69, 9.17) is 14.2 Å². The van der Waals surface area contributed by atoms with Crippen molar-refractivity contribution in [2.75, 3.05) is 20.8 Å². The lowest BCUT2D eigenvalue weighted by atomic mass is 9.93. The molecule has 1 aliphatic rings. The van der Waals surface area contributed by atoms with Gasteiger partial charge in [0, 0.05) is 0 Å². The van der Waals surface area contributed by atoms with Crippen molar-refractivity contribution in [2.45, 2.75) is 39.7 Å². The van der Waals surface area contributed by atoms with E-state index in [-0.39, 0.29) is 12.2 Å². The zero-order valence-electron chi connectivity index (χ0n) is 21.6. The second-order valence-electron chi connectivity index (χ2n) is 8.86. The van der Waals surface area contributed by atoms with E-state index < -0.39 is 12.0 Å². The number of carbonyl (C=O) groups is 1. The van der Waals surface area contributed by atoms with Crippen molar-refractivity contribution in [1.29, 1.82) is 0 Å². The first-order chi connectivity index (χ1) is 17.7. The monoisotopic (exact) mass is 584 g/mol. The highest BCUT2D eigenvalue weighted by Crippen LogP contribution is 2.36. The number of methoxy groups -OCH3 is 2. The van der Waals surface area contributed by atoms with Crippen LogP contribution in [-0.4, -0.2) is 31.4 Å². The van der Waals surface area contributed by atoms with Crippen LogP contribution < -0.4 is 24.4 Å². The lowest BCUT2D eigenvalue weighted by molar-refractivity contribution is -0.139. The van der Waals surface area contributed by atoms with E-state index >= 15 is 0 Å². The summed E-state index contributed by atoms with van der Waals surface area (Å²) < 4.78 is 19.0. The van der Waals surface area contributed by atoms with Gasteiger partial charge in [-0.05, 0) is 70.6 Å². The molecule has 0 aliphatic carbocycles. The Hall–Kier alpha value is -3.17. The van der Waals surface area contributed by atoms with Gasteiger partial charge in [0.2, 0.25) is 0 Å². The summed E-state index contributed by atoms with van der Waals surface area (Å²) in [6.07, 6.45) is 1.79. The third-order valence-corrected chi connectivity index (χ3v) is 7.76. The minimum atomic E-state index is -0.643. The van der Waals surface area contributed by atoms with E-state index in [2.05, 4.69) is 34.8 Å². The first-order valence-electron chi connectivity index (χ1n) is 11.9. The van der Waals surface area contributed by atoms with Crippen LogP contribution in [0.15, 0.2) is 61.9 Å². The smallest absolute Gasteiger partial charge is 0.338 e. The topological polar surface area (TPSA) is 79.1 Å². The first kappa shape index (κ1) is 26.9. The zero-order valence-corrected chi connectivity index (χ0v) is 24.0. The van der Waals surface area contributed by atoms with E-state index in [1.807, 2.05) is 30.3 Å². The fourth-order valence-corrected chi connectivity index (χ4v) is 6.01. The molecule has 4 rings (SSSR count). The van der Waals surface area contributed by atoms with Crippen molar-refractivity contribution < 1.29 is 19.0 Å². The Morgan fingerprint density at radius 3 is 2.49 bits per heavy atom. The molecule has 1 aliphatic heterocycles. The van der Waals surface area contributed by atoms with E-state index in [1.165, 1.54) is 16.9 Å². The molecule has 0 bridgehead atoms. The molecule has 37 heavy (non-hydrogen) atoms. The maximum absolute atomic E-state index is 13.8. The molecule has 0 unspecified atom stereocenters. The quantitative estimate of drug-likeness (QED) is 0.376. The van der Waals surface area contributed by atoms with E-state index in [0.717, 1.165) is 11.1 Å². The SMILES string of the molecule is CCOC(=O)C1=C(C)N=c2s/c(=C\c3cc(Br)c(OC)c(OC)c3)c(=O)n2[C@H]1c1ccc(C(C)C)cc1. The Morgan fingerprint density at radius 1 is 1.19 bits per heavy atom. The molecule has 194 valence electrons. The average molecular weight is 586 g/mol. The minimum absolute atomic E-state index is 0.229. The summed E-state index contributed by atoms with van der Waals surface area (Å²) in [6, 6.07) is 11.0. The predicted octanol–water partition coefficient (Wildman–Crippen LogP) is 4.70. The molecule has 3 aromatic rings. The molecular formula is C28H29BrN2O5S. The Balaban J connectivity index is 1.93. The Morgan fingerprint density at radius 2 is 1.89 bits per heavy atom. The first-order valence-corrected chi connectivity index (χ1v) is 13.5. The lowest BCUT2D eigenvalue weighted by Gasteiger charge is -2.25. The summed E-state index contributed by atoms with van der Waals surface area (Å²) >= 11 is 4.79. The van der Waals surface area contributed by atoms with Gasteiger partial charge in [0.15, 0.2) is 16.3 Å². The highest BCUT2D eigenvalue weighted by Gasteiger charge is 2.33. The molecule has 7 nitrogen and oxygen atoms in total. The number of hydrogen-bond acceptors (Lipinski definition) is 7. The van der Waals surface area contributed by atoms with Crippen LogP contribution in [0.2, 0.25) is 0 Å². The zero-order chi connectivity index (χ0) is 26.9. The molecule has 2 heterocycles.